The molecule has 0 aromatic carbocycles. The molecule has 42 heavy (non-hydrogen) atoms. The minimum Gasteiger partial charge on any atom is -0.128 e. The minimum atomic E-state index is -1.74. The Kier molecular flexibility index (Phi) is 22.9. The highest BCUT2D eigenvalue weighted by molar-refractivity contribution is 6.88. The lowest BCUT2D eigenvalue weighted by Crippen LogP contribution is -2.34. The summed E-state index contributed by atoms with van der Waals surface area (Å²) < 4.78 is 0. The van der Waals surface area contributed by atoms with Crippen LogP contribution in [-0.2, 0) is 0 Å². The second kappa shape index (κ2) is 23.5. The maximum Gasteiger partial charge on any atom is 0.168 e. The van der Waals surface area contributed by atoms with Crippen LogP contribution in [-0.4, -0.2) is 24.2 Å². The lowest BCUT2D eigenvalue weighted by Gasteiger charge is -2.28. The van der Waals surface area contributed by atoms with Gasteiger partial charge in [-0.25, -0.2) is 0 Å². The van der Waals surface area contributed by atoms with E-state index < -0.39 is 29.6 Å². The zero-order valence-electron chi connectivity index (χ0n) is 30.1. The molecule has 0 atom stereocenters. The zero-order valence-corrected chi connectivity index (χ0v) is 33.1. The summed E-state index contributed by atoms with van der Waals surface area (Å²) in [6.07, 6.45) is 17.5. The fourth-order valence-electron chi connectivity index (χ4n) is 6.17. The molecule has 0 rings (SSSR count). The van der Waals surface area contributed by atoms with E-state index in [1.54, 1.807) is 0 Å². The molecule has 0 nitrogen and oxygen atoms in total. The molecule has 0 aromatic heterocycles. The van der Waals surface area contributed by atoms with Crippen LogP contribution in [0.2, 0.25) is 54.4 Å². The van der Waals surface area contributed by atoms with Crippen molar-refractivity contribution in [2.45, 2.75) is 194 Å². The number of rotatable bonds is 22. The molecule has 0 spiro atoms. The predicted molar refractivity (Wildman–Crippen MR) is 203 cm³/mol. The third-order valence-electron chi connectivity index (χ3n) is 9.96. The van der Waals surface area contributed by atoms with Crippen molar-refractivity contribution in [3.8, 4) is 34.4 Å². The Hall–Kier alpha value is -0.929. The van der Waals surface area contributed by atoms with Gasteiger partial charge in [-0.3, -0.25) is 0 Å². The first kappa shape index (κ1) is 41.1. The summed E-state index contributed by atoms with van der Waals surface area (Å²) in [6, 6.07) is 11.7. The van der Waals surface area contributed by atoms with Gasteiger partial charge in [0.25, 0.3) is 0 Å². The van der Waals surface area contributed by atoms with Crippen molar-refractivity contribution in [2.24, 2.45) is 5.41 Å². The lowest BCUT2D eigenvalue weighted by molar-refractivity contribution is 0.801. The molecule has 0 N–H and O–H groups in total. The Morgan fingerprint density at radius 1 is 0.429 bits per heavy atom. The summed E-state index contributed by atoms with van der Waals surface area (Å²) in [5, 5.41) is 0. The van der Waals surface area contributed by atoms with Gasteiger partial charge in [-0.05, 0) is 60.5 Å². The van der Waals surface area contributed by atoms with Gasteiger partial charge in [-0.1, -0.05) is 164 Å². The molecule has 0 aliphatic rings. The van der Waals surface area contributed by atoms with E-state index in [1.807, 2.05) is 0 Å². The predicted octanol–water partition coefficient (Wildman–Crippen LogP) is 13.0. The average molecular weight is 625 g/mol. The van der Waals surface area contributed by atoms with E-state index in [-0.39, 0.29) is 0 Å². The molecule has 0 aliphatic carbocycles. The van der Waals surface area contributed by atoms with Crippen molar-refractivity contribution < 1.29 is 0 Å². The van der Waals surface area contributed by atoms with E-state index in [1.165, 1.54) is 131 Å². The van der Waals surface area contributed by atoms with E-state index in [0.29, 0.717) is 0 Å². The molecule has 0 heterocycles. The molecule has 0 radical (unpaired) electrons. The van der Waals surface area contributed by atoms with Crippen LogP contribution >= 0.6 is 0 Å². The first-order valence-electron chi connectivity index (χ1n) is 18.5. The third-order valence-corrected chi connectivity index (χ3v) is 23.9. The maximum absolute atomic E-state index is 4.42. The molecule has 0 saturated carbocycles. The quantitative estimate of drug-likeness (QED) is 0.0638. The fourth-order valence-corrected chi connectivity index (χ4v) is 18.0. The topological polar surface area (TPSA) is 0 Å². The fraction of sp³-hybridized carbons (Fsp3) is 0.795. The molecule has 240 valence electrons. The van der Waals surface area contributed by atoms with Crippen LogP contribution in [0.1, 0.15) is 139 Å². The molecular weight excluding hydrogens is 553 g/mol. The van der Waals surface area contributed by atoms with Gasteiger partial charge in [0.2, 0.25) is 0 Å². The largest absolute Gasteiger partial charge is 0.168 e. The average Bonchev–Trinajstić information content (AvgIpc) is 3.03. The molecule has 3 heteroatoms. The minimum absolute atomic E-state index is 0.677. The smallest absolute Gasteiger partial charge is 0.128 e. The van der Waals surface area contributed by atoms with Crippen LogP contribution in [0.4, 0.5) is 0 Å². The monoisotopic (exact) mass is 624 g/mol. The Balaban J connectivity index is 7.43. The van der Waals surface area contributed by atoms with Crippen LogP contribution in [0, 0.1) is 39.8 Å². The van der Waals surface area contributed by atoms with E-state index in [2.05, 4.69) is 109 Å². The van der Waals surface area contributed by atoms with Crippen molar-refractivity contribution in [2.75, 3.05) is 0 Å². The van der Waals surface area contributed by atoms with Gasteiger partial charge in [-0.2, -0.15) is 0 Å². The molecule has 0 aromatic rings. The molecule has 0 fully saturated rings. The van der Waals surface area contributed by atoms with Gasteiger partial charge in [0, 0.05) is 0 Å². The molecule has 0 unspecified atom stereocenters. The third kappa shape index (κ3) is 14.7. The summed E-state index contributed by atoms with van der Waals surface area (Å²) in [4.78, 5) is 0. The standard InChI is InChI=1S/C39H72Si3/c1-11-21-30-41(31-22-12-2,32-23-13-3)37-28-39(17-7,27-36-40(18-8,19-9)20-10)29-38-42(33-24-14-4,34-25-15-5)35-26-16-6/h17H,7,11-16,18-26,30-35H2,1-6,8-10H3. The second-order valence-corrected chi connectivity index (χ2v) is 26.8. The molecular formula is C39H72Si3. The van der Waals surface area contributed by atoms with Crippen LogP contribution in [0.15, 0.2) is 12.7 Å². The first-order valence-corrected chi connectivity index (χ1v) is 26.4. The van der Waals surface area contributed by atoms with Crippen LogP contribution < -0.4 is 0 Å². The molecule has 0 amide bonds. The summed E-state index contributed by atoms with van der Waals surface area (Å²) >= 11 is 0. The van der Waals surface area contributed by atoms with Gasteiger partial charge < -0.3 is 0 Å². The second-order valence-electron chi connectivity index (χ2n) is 13.3. The van der Waals surface area contributed by atoms with Crippen molar-refractivity contribution in [1.29, 1.82) is 0 Å². The lowest BCUT2D eigenvalue weighted by atomic mass is 9.92. The summed E-state index contributed by atoms with van der Waals surface area (Å²) in [6.45, 7) is 25.6. The number of hydrogen-bond acceptors (Lipinski definition) is 0. The summed E-state index contributed by atoms with van der Waals surface area (Å²) in [7, 11) is -5.13. The number of hydrogen-bond donors (Lipinski definition) is 0. The normalized spacial score (nSPS) is 12.0. The van der Waals surface area contributed by atoms with Gasteiger partial charge >= 0.3 is 0 Å². The highest BCUT2D eigenvalue weighted by Gasteiger charge is 2.33. The van der Waals surface area contributed by atoms with Gasteiger partial charge in [-0.15, -0.1) is 16.6 Å². The van der Waals surface area contributed by atoms with Crippen molar-refractivity contribution in [3.63, 3.8) is 0 Å². The van der Waals surface area contributed by atoms with E-state index >= 15 is 0 Å². The number of allylic oxidation sites excluding steroid dienone is 1. The Morgan fingerprint density at radius 2 is 0.667 bits per heavy atom. The zero-order chi connectivity index (χ0) is 31.8. The van der Waals surface area contributed by atoms with E-state index in [9.17, 15) is 0 Å². The van der Waals surface area contributed by atoms with Crippen molar-refractivity contribution >= 4 is 24.2 Å². The van der Waals surface area contributed by atoms with Crippen molar-refractivity contribution in [3.05, 3.63) is 12.7 Å². The number of unbranched alkanes of at least 4 members (excludes halogenated alkanes) is 6. The Labute approximate surface area is 269 Å². The summed E-state index contributed by atoms with van der Waals surface area (Å²) in [5.41, 5.74) is 11.5. The highest BCUT2D eigenvalue weighted by atomic mass is 28.3. The Bertz CT molecular complexity index is 791. The maximum atomic E-state index is 4.42. The van der Waals surface area contributed by atoms with Crippen LogP contribution in [0.3, 0.4) is 0 Å². The first-order chi connectivity index (χ1) is 20.2. The van der Waals surface area contributed by atoms with E-state index in [0.717, 1.165) is 0 Å². The Morgan fingerprint density at radius 3 is 0.857 bits per heavy atom. The van der Waals surface area contributed by atoms with Crippen LogP contribution in [0.5, 0.6) is 0 Å². The van der Waals surface area contributed by atoms with Crippen LogP contribution in [0.25, 0.3) is 0 Å². The molecule has 0 saturated heterocycles. The summed E-state index contributed by atoms with van der Waals surface area (Å²) in [5.74, 6) is 11.7. The van der Waals surface area contributed by atoms with Gasteiger partial charge in [0.15, 0.2) is 5.41 Å². The highest BCUT2D eigenvalue weighted by Crippen LogP contribution is 2.31. The van der Waals surface area contributed by atoms with Crippen molar-refractivity contribution in [1.82, 2.24) is 0 Å². The van der Waals surface area contributed by atoms with Gasteiger partial charge in [0.1, 0.15) is 24.2 Å². The SMILES string of the molecule is C=CC(C#C[Si](CC)(CC)CC)(C#C[Si](CCCC)(CCCC)CCCC)C#C[Si](CCCC)(CCCC)CCCC. The van der Waals surface area contributed by atoms with Gasteiger partial charge in [0.05, 0.1) is 0 Å². The molecule has 0 bridgehead atoms. The molecule has 0 aliphatic heterocycles. The van der Waals surface area contributed by atoms with E-state index in [4.69, 9.17) is 0 Å².